The molecule has 0 aliphatic carbocycles. The molecule has 0 saturated heterocycles. The molecule has 0 amide bonds. The van der Waals surface area contributed by atoms with E-state index in [1.807, 2.05) is 6.07 Å². The Labute approximate surface area is 107 Å². The maximum absolute atomic E-state index is 9.49. The number of hydrogen-bond acceptors (Lipinski definition) is 3. The summed E-state index contributed by atoms with van der Waals surface area (Å²) in [5.41, 5.74) is 1.22. The van der Waals surface area contributed by atoms with Crippen LogP contribution in [0.25, 0.3) is 10.8 Å². The Morgan fingerprint density at radius 1 is 1.00 bits per heavy atom. The number of nitrogens with one attached hydrogen (secondary N) is 1. The van der Waals surface area contributed by atoms with E-state index in [1.54, 1.807) is 12.1 Å². The Morgan fingerprint density at radius 2 is 1.67 bits per heavy atom. The molecule has 0 aliphatic heterocycles. The molecule has 2 rings (SSSR count). The standard InChI is InChI=1S/C15H19NO2/c1-10(2)16-6-5-11-3-4-12-8-14(17)15(18)9-13(12)7-11/h3-4,7-10,16-18H,5-6H2,1-2H3. The highest BCUT2D eigenvalue weighted by atomic mass is 16.3. The van der Waals surface area contributed by atoms with Gasteiger partial charge in [0.05, 0.1) is 0 Å². The normalized spacial score (nSPS) is 11.3. The van der Waals surface area contributed by atoms with Crippen molar-refractivity contribution in [2.45, 2.75) is 26.3 Å². The molecule has 96 valence electrons. The Balaban J connectivity index is 2.19. The lowest BCUT2D eigenvalue weighted by atomic mass is 10.0. The van der Waals surface area contributed by atoms with E-state index >= 15 is 0 Å². The molecule has 3 nitrogen and oxygen atoms in total. The van der Waals surface area contributed by atoms with Gasteiger partial charge in [-0.05, 0) is 41.4 Å². The Hall–Kier alpha value is -1.74. The first-order chi connectivity index (χ1) is 8.56. The molecule has 0 unspecified atom stereocenters. The second-order valence-electron chi connectivity index (χ2n) is 4.88. The van der Waals surface area contributed by atoms with Crippen LogP contribution in [0.5, 0.6) is 11.5 Å². The van der Waals surface area contributed by atoms with Gasteiger partial charge in [0, 0.05) is 6.04 Å². The third-order valence-corrected chi connectivity index (χ3v) is 2.96. The highest BCUT2D eigenvalue weighted by Crippen LogP contribution is 2.30. The van der Waals surface area contributed by atoms with Crippen molar-refractivity contribution in [2.24, 2.45) is 0 Å². The molecular weight excluding hydrogens is 226 g/mol. The molecule has 0 heterocycles. The van der Waals surface area contributed by atoms with E-state index in [-0.39, 0.29) is 11.5 Å². The summed E-state index contributed by atoms with van der Waals surface area (Å²) in [6.07, 6.45) is 0.954. The van der Waals surface area contributed by atoms with Crippen LogP contribution in [0.1, 0.15) is 19.4 Å². The van der Waals surface area contributed by atoms with E-state index in [9.17, 15) is 10.2 Å². The van der Waals surface area contributed by atoms with E-state index in [2.05, 4.69) is 31.3 Å². The van der Waals surface area contributed by atoms with Gasteiger partial charge in [-0.15, -0.1) is 0 Å². The van der Waals surface area contributed by atoms with Gasteiger partial charge >= 0.3 is 0 Å². The van der Waals surface area contributed by atoms with Crippen molar-refractivity contribution in [3.05, 3.63) is 35.9 Å². The largest absolute Gasteiger partial charge is 0.504 e. The minimum Gasteiger partial charge on any atom is -0.504 e. The fourth-order valence-electron chi connectivity index (χ4n) is 1.98. The second kappa shape index (κ2) is 5.27. The topological polar surface area (TPSA) is 52.5 Å². The van der Waals surface area contributed by atoms with Gasteiger partial charge in [-0.3, -0.25) is 0 Å². The van der Waals surface area contributed by atoms with Crippen LogP contribution in [0.15, 0.2) is 30.3 Å². The number of hydrogen-bond donors (Lipinski definition) is 3. The van der Waals surface area contributed by atoms with Crippen LogP contribution in [-0.4, -0.2) is 22.8 Å². The predicted molar refractivity (Wildman–Crippen MR) is 74.1 cm³/mol. The van der Waals surface area contributed by atoms with Gasteiger partial charge in [0.25, 0.3) is 0 Å². The van der Waals surface area contributed by atoms with E-state index < -0.39 is 0 Å². The average Bonchev–Trinajstić information content (AvgIpc) is 2.30. The van der Waals surface area contributed by atoms with Gasteiger partial charge in [-0.1, -0.05) is 32.0 Å². The smallest absolute Gasteiger partial charge is 0.158 e. The molecule has 0 bridgehead atoms. The Bertz CT molecular complexity index is 549. The molecule has 0 atom stereocenters. The molecule has 0 aliphatic rings. The molecular formula is C15H19NO2. The number of aromatic hydroxyl groups is 2. The minimum absolute atomic E-state index is 0.0695. The zero-order valence-electron chi connectivity index (χ0n) is 10.8. The monoisotopic (exact) mass is 245 g/mol. The van der Waals surface area contributed by atoms with Crippen molar-refractivity contribution in [3.8, 4) is 11.5 Å². The number of fused-ring (bicyclic) bond motifs is 1. The van der Waals surface area contributed by atoms with Crippen LogP contribution < -0.4 is 5.32 Å². The summed E-state index contributed by atoms with van der Waals surface area (Å²) in [6, 6.07) is 9.76. The molecule has 3 heteroatoms. The Kier molecular flexibility index (Phi) is 3.72. The quantitative estimate of drug-likeness (QED) is 0.726. The van der Waals surface area contributed by atoms with Gasteiger partial charge < -0.3 is 15.5 Å². The van der Waals surface area contributed by atoms with Gasteiger partial charge in [-0.2, -0.15) is 0 Å². The van der Waals surface area contributed by atoms with E-state index in [0.29, 0.717) is 6.04 Å². The summed E-state index contributed by atoms with van der Waals surface area (Å²) in [7, 11) is 0. The number of phenols is 2. The van der Waals surface area contributed by atoms with E-state index in [0.717, 1.165) is 23.7 Å². The maximum atomic E-state index is 9.49. The van der Waals surface area contributed by atoms with Gasteiger partial charge in [0.15, 0.2) is 11.5 Å². The molecule has 0 aromatic heterocycles. The molecule has 0 radical (unpaired) electrons. The fraction of sp³-hybridized carbons (Fsp3) is 0.333. The lowest BCUT2D eigenvalue weighted by molar-refractivity contribution is 0.405. The SMILES string of the molecule is CC(C)NCCc1ccc2cc(O)c(O)cc2c1. The van der Waals surface area contributed by atoms with Crippen LogP contribution >= 0.6 is 0 Å². The third kappa shape index (κ3) is 2.93. The van der Waals surface area contributed by atoms with Crippen molar-refractivity contribution in [3.63, 3.8) is 0 Å². The average molecular weight is 245 g/mol. The van der Waals surface area contributed by atoms with Crippen molar-refractivity contribution in [1.29, 1.82) is 0 Å². The molecule has 18 heavy (non-hydrogen) atoms. The molecule has 2 aromatic rings. The van der Waals surface area contributed by atoms with Crippen molar-refractivity contribution in [2.75, 3.05) is 6.54 Å². The summed E-state index contributed by atoms with van der Waals surface area (Å²) in [6.45, 7) is 5.19. The first-order valence-corrected chi connectivity index (χ1v) is 6.24. The van der Waals surface area contributed by atoms with E-state index in [4.69, 9.17) is 0 Å². The summed E-state index contributed by atoms with van der Waals surface area (Å²) in [5.74, 6) is -0.142. The number of benzene rings is 2. The van der Waals surface area contributed by atoms with Gasteiger partial charge in [-0.25, -0.2) is 0 Å². The molecule has 2 aromatic carbocycles. The summed E-state index contributed by atoms with van der Waals surface area (Å²) in [4.78, 5) is 0. The predicted octanol–water partition coefficient (Wildman–Crippen LogP) is 2.79. The number of rotatable bonds is 4. The molecule has 0 spiro atoms. The van der Waals surface area contributed by atoms with Crippen LogP contribution in [0, 0.1) is 0 Å². The summed E-state index contributed by atoms with van der Waals surface area (Å²) < 4.78 is 0. The van der Waals surface area contributed by atoms with Gasteiger partial charge in [0.1, 0.15) is 0 Å². The third-order valence-electron chi connectivity index (χ3n) is 2.96. The van der Waals surface area contributed by atoms with Crippen molar-refractivity contribution < 1.29 is 10.2 Å². The van der Waals surface area contributed by atoms with Crippen molar-refractivity contribution in [1.82, 2.24) is 5.32 Å². The van der Waals surface area contributed by atoms with Gasteiger partial charge in [0.2, 0.25) is 0 Å². The van der Waals surface area contributed by atoms with Crippen LogP contribution in [-0.2, 0) is 6.42 Å². The number of phenolic OH excluding ortho intramolecular Hbond substituents is 2. The lowest BCUT2D eigenvalue weighted by Gasteiger charge is -2.09. The highest BCUT2D eigenvalue weighted by Gasteiger charge is 2.03. The first-order valence-electron chi connectivity index (χ1n) is 6.24. The fourth-order valence-corrected chi connectivity index (χ4v) is 1.98. The molecule has 3 N–H and O–H groups in total. The maximum Gasteiger partial charge on any atom is 0.158 e. The zero-order valence-corrected chi connectivity index (χ0v) is 10.8. The van der Waals surface area contributed by atoms with Crippen LogP contribution in [0.2, 0.25) is 0 Å². The second-order valence-corrected chi connectivity index (χ2v) is 4.88. The van der Waals surface area contributed by atoms with Crippen LogP contribution in [0.4, 0.5) is 0 Å². The van der Waals surface area contributed by atoms with Crippen molar-refractivity contribution >= 4 is 10.8 Å². The minimum atomic E-state index is -0.0725. The van der Waals surface area contributed by atoms with E-state index in [1.165, 1.54) is 5.56 Å². The molecule has 0 saturated carbocycles. The zero-order chi connectivity index (χ0) is 13.1. The molecule has 0 fully saturated rings. The highest BCUT2D eigenvalue weighted by molar-refractivity contribution is 5.86. The Morgan fingerprint density at radius 3 is 2.33 bits per heavy atom. The summed E-state index contributed by atoms with van der Waals surface area (Å²) >= 11 is 0. The summed E-state index contributed by atoms with van der Waals surface area (Å²) in [5, 5.41) is 24.2. The van der Waals surface area contributed by atoms with Crippen LogP contribution in [0.3, 0.4) is 0 Å². The first kappa shape index (κ1) is 12.7. The lowest BCUT2D eigenvalue weighted by Crippen LogP contribution is -2.24.